The molecule has 0 aliphatic heterocycles. The van der Waals surface area contributed by atoms with Gasteiger partial charge in [-0.25, -0.2) is 0 Å². The number of nitrogens with zero attached hydrogens (tertiary/aromatic N) is 2. The van der Waals surface area contributed by atoms with Crippen molar-refractivity contribution in [2.45, 2.75) is 50.6 Å². The summed E-state index contributed by atoms with van der Waals surface area (Å²) in [5.74, 6) is -0.0113. The van der Waals surface area contributed by atoms with Crippen molar-refractivity contribution in [3.8, 4) is 6.07 Å². The number of likely N-dealkylation sites (N-methyl/N-ethyl adjacent to an activating group) is 1. The Hall–Kier alpha value is -1.08. The van der Waals surface area contributed by atoms with Crippen LogP contribution in [0.25, 0.3) is 0 Å². The molecular formula is C11H19N3O. The van der Waals surface area contributed by atoms with E-state index in [0.29, 0.717) is 6.42 Å². The first-order valence-corrected chi connectivity index (χ1v) is 5.44. The van der Waals surface area contributed by atoms with Gasteiger partial charge in [-0.05, 0) is 19.8 Å². The maximum absolute atomic E-state index is 12.1. The number of hydrogen-bond donors (Lipinski definition) is 1. The number of carbonyl (C=O) groups excluding carboxylic acids is 1. The third kappa shape index (κ3) is 2.48. The first-order chi connectivity index (χ1) is 7.01. The van der Waals surface area contributed by atoms with E-state index in [1.54, 1.807) is 11.9 Å². The molecule has 0 spiro atoms. The zero-order valence-corrected chi connectivity index (χ0v) is 9.49. The number of nitriles is 1. The largest absolute Gasteiger partial charge is 0.340 e. The number of amides is 1. The standard InChI is InChI=1S/C11H19N3O/c1-9(5-8-12)14(2)10(15)11(13)6-3-4-7-11/h9H,3-7,13H2,1-2H3. The number of carbonyl (C=O) groups is 1. The Morgan fingerprint density at radius 3 is 2.60 bits per heavy atom. The highest BCUT2D eigenvalue weighted by atomic mass is 16.2. The van der Waals surface area contributed by atoms with Gasteiger partial charge < -0.3 is 10.6 Å². The highest BCUT2D eigenvalue weighted by molar-refractivity contribution is 5.86. The van der Waals surface area contributed by atoms with E-state index in [0.717, 1.165) is 25.7 Å². The molecule has 0 bridgehead atoms. The van der Waals surface area contributed by atoms with Crippen molar-refractivity contribution in [2.24, 2.45) is 5.73 Å². The van der Waals surface area contributed by atoms with Crippen LogP contribution in [0.15, 0.2) is 0 Å². The van der Waals surface area contributed by atoms with Crippen LogP contribution in [0, 0.1) is 11.3 Å². The molecule has 0 aromatic carbocycles. The van der Waals surface area contributed by atoms with E-state index >= 15 is 0 Å². The van der Waals surface area contributed by atoms with Crippen LogP contribution < -0.4 is 5.73 Å². The summed E-state index contributed by atoms with van der Waals surface area (Å²) in [5, 5.41) is 8.58. The van der Waals surface area contributed by atoms with Crippen molar-refractivity contribution in [2.75, 3.05) is 7.05 Å². The predicted octanol–water partition coefficient (Wildman–Crippen LogP) is 1.02. The van der Waals surface area contributed by atoms with Gasteiger partial charge in [-0.15, -0.1) is 0 Å². The summed E-state index contributed by atoms with van der Waals surface area (Å²) < 4.78 is 0. The van der Waals surface area contributed by atoms with Crippen molar-refractivity contribution >= 4 is 5.91 Å². The summed E-state index contributed by atoms with van der Waals surface area (Å²) in [6.45, 7) is 1.87. The molecule has 1 amide bonds. The SMILES string of the molecule is CC(CC#N)N(C)C(=O)C1(N)CCCC1. The lowest BCUT2D eigenvalue weighted by Crippen LogP contribution is -2.54. The molecular weight excluding hydrogens is 190 g/mol. The average molecular weight is 209 g/mol. The average Bonchev–Trinajstić information content (AvgIpc) is 2.64. The topological polar surface area (TPSA) is 70.1 Å². The Balaban J connectivity index is 2.63. The molecule has 1 atom stereocenters. The summed E-state index contributed by atoms with van der Waals surface area (Å²) in [6, 6.07) is 2.02. The first-order valence-electron chi connectivity index (χ1n) is 5.44. The molecule has 0 heterocycles. The molecule has 1 unspecified atom stereocenters. The van der Waals surface area contributed by atoms with E-state index in [2.05, 4.69) is 6.07 Å². The fourth-order valence-corrected chi connectivity index (χ4v) is 2.04. The second kappa shape index (κ2) is 4.63. The zero-order chi connectivity index (χ0) is 11.5. The van der Waals surface area contributed by atoms with E-state index in [4.69, 9.17) is 11.0 Å². The monoisotopic (exact) mass is 209 g/mol. The van der Waals surface area contributed by atoms with Crippen LogP contribution in [0.3, 0.4) is 0 Å². The van der Waals surface area contributed by atoms with Crippen molar-refractivity contribution in [3.05, 3.63) is 0 Å². The lowest BCUT2D eigenvalue weighted by atomic mass is 9.96. The minimum absolute atomic E-state index is 0.0113. The van der Waals surface area contributed by atoms with Crippen molar-refractivity contribution in [3.63, 3.8) is 0 Å². The van der Waals surface area contributed by atoms with Crippen molar-refractivity contribution in [1.82, 2.24) is 4.90 Å². The summed E-state index contributed by atoms with van der Waals surface area (Å²) >= 11 is 0. The second-order valence-electron chi connectivity index (χ2n) is 4.49. The number of nitrogens with two attached hydrogens (primary N) is 1. The Morgan fingerprint density at radius 1 is 1.60 bits per heavy atom. The third-order valence-electron chi connectivity index (χ3n) is 3.29. The van der Waals surface area contributed by atoms with Gasteiger partial charge >= 0.3 is 0 Å². The van der Waals surface area contributed by atoms with E-state index < -0.39 is 5.54 Å². The second-order valence-corrected chi connectivity index (χ2v) is 4.49. The fraction of sp³-hybridized carbons (Fsp3) is 0.818. The lowest BCUT2D eigenvalue weighted by molar-refractivity contribution is -0.137. The normalized spacial score (nSPS) is 20.7. The molecule has 1 aliphatic rings. The van der Waals surface area contributed by atoms with Gasteiger partial charge in [0.1, 0.15) is 0 Å². The van der Waals surface area contributed by atoms with Crippen LogP contribution in [-0.2, 0) is 4.79 Å². The van der Waals surface area contributed by atoms with E-state index in [9.17, 15) is 4.79 Å². The molecule has 0 aromatic heterocycles. The van der Waals surface area contributed by atoms with Gasteiger partial charge in [0.05, 0.1) is 18.0 Å². The molecule has 1 saturated carbocycles. The molecule has 4 nitrogen and oxygen atoms in total. The van der Waals surface area contributed by atoms with Crippen LogP contribution in [0.1, 0.15) is 39.0 Å². The highest BCUT2D eigenvalue weighted by Gasteiger charge is 2.39. The molecule has 0 radical (unpaired) electrons. The van der Waals surface area contributed by atoms with Crippen LogP contribution in [0.2, 0.25) is 0 Å². The van der Waals surface area contributed by atoms with E-state index in [1.165, 1.54) is 0 Å². The highest BCUT2D eigenvalue weighted by Crippen LogP contribution is 2.29. The van der Waals surface area contributed by atoms with Crippen LogP contribution >= 0.6 is 0 Å². The first kappa shape index (κ1) is 12.0. The Labute approximate surface area is 91.0 Å². The van der Waals surface area contributed by atoms with Gasteiger partial charge in [0.15, 0.2) is 0 Å². The van der Waals surface area contributed by atoms with Gasteiger partial charge in [-0.1, -0.05) is 12.8 Å². The minimum Gasteiger partial charge on any atom is -0.340 e. The van der Waals surface area contributed by atoms with Gasteiger partial charge in [0.2, 0.25) is 5.91 Å². The van der Waals surface area contributed by atoms with Crippen LogP contribution in [-0.4, -0.2) is 29.4 Å². The summed E-state index contributed by atoms with van der Waals surface area (Å²) in [5.41, 5.74) is 5.40. The van der Waals surface area contributed by atoms with Crippen LogP contribution in [0.5, 0.6) is 0 Å². The minimum atomic E-state index is -0.668. The molecule has 4 heteroatoms. The van der Waals surface area contributed by atoms with Crippen molar-refractivity contribution < 1.29 is 4.79 Å². The Morgan fingerprint density at radius 2 is 2.13 bits per heavy atom. The molecule has 15 heavy (non-hydrogen) atoms. The van der Waals surface area contributed by atoms with Crippen molar-refractivity contribution in [1.29, 1.82) is 5.26 Å². The maximum Gasteiger partial charge on any atom is 0.242 e. The maximum atomic E-state index is 12.1. The Bertz CT molecular complexity index is 276. The molecule has 1 rings (SSSR count). The lowest BCUT2D eigenvalue weighted by Gasteiger charge is -2.31. The van der Waals surface area contributed by atoms with Gasteiger partial charge in [0.25, 0.3) is 0 Å². The van der Waals surface area contributed by atoms with E-state index in [-0.39, 0.29) is 11.9 Å². The molecule has 84 valence electrons. The molecule has 2 N–H and O–H groups in total. The number of hydrogen-bond acceptors (Lipinski definition) is 3. The quantitative estimate of drug-likeness (QED) is 0.754. The molecule has 0 aromatic rings. The van der Waals surface area contributed by atoms with Gasteiger partial charge in [0, 0.05) is 13.1 Å². The summed E-state index contributed by atoms with van der Waals surface area (Å²) in [6.07, 6.45) is 3.97. The molecule has 1 aliphatic carbocycles. The summed E-state index contributed by atoms with van der Waals surface area (Å²) in [7, 11) is 1.73. The van der Waals surface area contributed by atoms with Gasteiger partial charge in [-0.3, -0.25) is 4.79 Å². The number of rotatable bonds is 3. The Kier molecular flexibility index (Phi) is 3.70. The molecule has 1 fully saturated rings. The smallest absolute Gasteiger partial charge is 0.242 e. The fourth-order valence-electron chi connectivity index (χ4n) is 2.04. The predicted molar refractivity (Wildman–Crippen MR) is 57.8 cm³/mol. The van der Waals surface area contributed by atoms with Crippen LogP contribution in [0.4, 0.5) is 0 Å². The zero-order valence-electron chi connectivity index (χ0n) is 9.49. The summed E-state index contributed by atoms with van der Waals surface area (Å²) in [4.78, 5) is 13.7. The molecule has 0 saturated heterocycles. The third-order valence-corrected chi connectivity index (χ3v) is 3.29. The van der Waals surface area contributed by atoms with Gasteiger partial charge in [-0.2, -0.15) is 5.26 Å². The van der Waals surface area contributed by atoms with E-state index in [1.807, 2.05) is 6.92 Å².